The minimum Gasteiger partial charge on any atom is -0.466 e. The van der Waals surface area contributed by atoms with Gasteiger partial charge in [-0.05, 0) is 74.9 Å². The highest BCUT2D eigenvalue weighted by atomic mass is 16.6. The van der Waals surface area contributed by atoms with E-state index in [1.807, 2.05) is 69.3 Å². The molecule has 1 aliphatic carbocycles. The van der Waals surface area contributed by atoms with Crippen molar-refractivity contribution in [1.82, 2.24) is 5.32 Å². The Labute approximate surface area is 206 Å². The summed E-state index contributed by atoms with van der Waals surface area (Å²) >= 11 is 0. The number of amides is 2. The number of benzene rings is 2. The number of aryl methyl sites for hydroxylation is 1. The third kappa shape index (κ3) is 8.92. The van der Waals surface area contributed by atoms with Gasteiger partial charge in [0.15, 0.2) is 0 Å². The molecule has 0 saturated heterocycles. The number of methoxy groups -OCH3 is 1. The zero-order valence-corrected chi connectivity index (χ0v) is 20.8. The number of hydrogen-bond donors (Lipinski definition) is 2. The van der Waals surface area contributed by atoms with Crippen LogP contribution in [0.4, 0.5) is 10.5 Å². The second-order valence-corrected chi connectivity index (χ2v) is 9.72. The molecule has 3 rings (SSSR count). The minimum atomic E-state index is -0.511. The molecular weight excluding hydrogens is 444 g/mol. The first kappa shape index (κ1) is 26.0. The van der Waals surface area contributed by atoms with Crippen LogP contribution >= 0.6 is 0 Å². The number of hydrogen-bond acceptors (Lipinski definition) is 5. The summed E-state index contributed by atoms with van der Waals surface area (Å²) in [4.78, 5) is 35.4. The first-order chi connectivity index (χ1) is 16.6. The Morgan fingerprint density at radius 1 is 1.03 bits per heavy atom. The smallest absolute Gasteiger partial charge is 0.407 e. The van der Waals surface area contributed by atoms with Crippen LogP contribution in [0.1, 0.15) is 62.6 Å². The van der Waals surface area contributed by atoms with Crippen LogP contribution in [0.5, 0.6) is 0 Å². The second kappa shape index (κ2) is 11.7. The molecule has 0 bridgehead atoms. The maximum atomic E-state index is 12.3. The van der Waals surface area contributed by atoms with E-state index in [-0.39, 0.29) is 29.9 Å². The predicted molar refractivity (Wildman–Crippen MR) is 136 cm³/mol. The largest absolute Gasteiger partial charge is 0.466 e. The Hall–Kier alpha value is -3.61. The molecule has 186 valence electrons. The standard InChI is InChI=1S/C28H34N2O5/c1-28(2,3)35-27(33)30-24-18-23(24)21-13-15-22(16-14-21)29-25(31)7-5-6-19-8-10-20(11-9-19)12-17-26(32)34-4/h8-17,23-24H,5-7,18H2,1-4H3,(H,29,31)(H,30,33). The molecule has 2 aromatic carbocycles. The zero-order chi connectivity index (χ0) is 25.4. The Bertz CT molecular complexity index is 1050. The lowest BCUT2D eigenvalue weighted by Crippen LogP contribution is -2.34. The quantitative estimate of drug-likeness (QED) is 0.381. The van der Waals surface area contributed by atoms with E-state index in [1.54, 1.807) is 6.08 Å². The van der Waals surface area contributed by atoms with Gasteiger partial charge in [0.05, 0.1) is 7.11 Å². The Morgan fingerprint density at radius 2 is 1.71 bits per heavy atom. The van der Waals surface area contributed by atoms with Gasteiger partial charge < -0.3 is 20.1 Å². The molecule has 1 saturated carbocycles. The van der Waals surface area contributed by atoms with Crippen molar-refractivity contribution in [3.63, 3.8) is 0 Å². The van der Waals surface area contributed by atoms with Crippen LogP contribution < -0.4 is 10.6 Å². The molecule has 1 fully saturated rings. The third-order valence-electron chi connectivity index (χ3n) is 5.58. The lowest BCUT2D eigenvalue weighted by Gasteiger charge is -2.19. The van der Waals surface area contributed by atoms with Gasteiger partial charge in [0.2, 0.25) is 5.91 Å². The van der Waals surface area contributed by atoms with E-state index < -0.39 is 5.60 Å². The minimum absolute atomic E-state index is 0.0220. The SMILES string of the molecule is COC(=O)C=Cc1ccc(CCCC(=O)Nc2ccc(C3CC3NC(=O)OC(C)(C)C)cc2)cc1. The average Bonchev–Trinajstić information content (AvgIpc) is 3.56. The topological polar surface area (TPSA) is 93.7 Å². The number of carbonyl (C=O) groups is 3. The number of rotatable bonds is 9. The summed E-state index contributed by atoms with van der Waals surface area (Å²) in [5.41, 5.74) is 3.44. The van der Waals surface area contributed by atoms with Crippen molar-refractivity contribution in [2.75, 3.05) is 12.4 Å². The molecule has 2 N–H and O–H groups in total. The normalized spacial score (nSPS) is 17.0. The number of alkyl carbamates (subject to hydrolysis) is 1. The van der Waals surface area contributed by atoms with Gasteiger partial charge in [-0.3, -0.25) is 4.79 Å². The van der Waals surface area contributed by atoms with Gasteiger partial charge >= 0.3 is 12.1 Å². The number of anilines is 1. The Balaban J connectivity index is 1.37. The van der Waals surface area contributed by atoms with Gasteiger partial charge in [0.1, 0.15) is 5.60 Å². The second-order valence-electron chi connectivity index (χ2n) is 9.72. The van der Waals surface area contributed by atoms with Crippen LogP contribution in [0.25, 0.3) is 6.08 Å². The Kier molecular flexibility index (Phi) is 8.68. The molecule has 1 aliphatic rings. The zero-order valence-electron chi connectivity index (χ0n) is 20.8. The van der Waals surface area contributed by atoms with Crippen LogP contribution in [0, 0.1) is 0 Å². The maximum Gasteiger partial charge on any atom is 0.407 e. The lowest BCUT2D eigenvalue weighted by molar-refractivity contribution is -0.134. The third-order valence-corrected chi connectivity index (χ3v) is 5.58. The molecule has 2 aromatic rings. The highest BCUT2D eigenvalue weighted by Crippen LogP contribution is 2.41. The molecule has 2 unspecified atom stereocenters. The molecule has 0 heterocycles. The fourth-order valence-electron chi connectivity index (χ4n) is 3.70. The van der Waals surface area contributed by atoms with Crippen molar-refractivity contribution >= 4 is 29.7 Å². The van der Waals surface area contributed by atoms with Crippen LogP contribution in [0.2, 0.25) is 0 Å². The van der Waals surface area contributed by atoms with E-state index in [1.165, 1.54) is 13.2 Å². The van der Waals surface area contributed by atoms with E-state index in [0.29, 0.717) is 6.42 Å². The molecule has 2 amide bonds. The van der Waals surface area contributed by atoms with Crippen LogP contribution in [-0.4, -0.2) is 36.7 Å². The van der Waals surface area contributed by atoms with Crippen LogP contribution in [0.3, 0.4) is 0 Å². The summed E-state index contributed by atoms with van der Waals surface area (Å²) in [6.07, 6.45) is 5.54. The van der Waals surface area contributed by atoms with Crippen molar-refractivity contribution in [3.05, 3.63) is 71.3 Å². The molecule has 35 heavy (non-hydrogen) atoms. The van der Waals surface area contributed by atoms with E-state index in [0.717, 1.165) is 41.6 Å². The van der Waals surface area contributed by atoms with Gasteiger partial charge in [-0.25, -0.2) is 9.59 Å². The summed E-state index contributed by atoms with van der Waals surface area (Å²) in [6, 6.07) is 15.7. The van der Waals surface area contributed by atoms with Crippen molar-refractivity contribution in [3.8, 4) is 0 Å². The fraction of sp³-hybridized carbons (Fsp3) is 0.393. The summed E-state index contributed by atoms with van der Waals surface area (Å²) in [5, 5.41) is 5.85. The van der Waals surface area contributed by atoms with Crippen molar-refractivity contribution < 1.29 is 23.9 Å². The van der Waals surface area contributed by atoms with Gasteiger partial charge in [-0.2, -0.15) is 0 Å². The molecule has 0 aliphatic heterocycles. The molecule has 0 spiro atoms. The first-order valence-corrected chi connectivity index (χ1v) is 11.9. The van der Waals surface area contributed by atoms with Crippen molar-refractivity contribution in [2.24, 2.45) is 0 Å². The van der Waals surface area contributed by atoms with Crippen LogP contribution in [0.15, 0.2) is 54.6 Å². The average molecular weight is 479 g/mol. The summed E-state index contributed by atoms with van der Waals surface area (Å²) in [6.45, 7) is 5.53. The predicted octanol–water partition coefficient (Wildman–Crippen LogP) is 5.21. The number of esters is 1. The van der Waals surface area contributed by atoms with Gasteiger partial charge in [0.25, 0.3) is 0 Å². The first-order valence-electron chi connectivity index (χ1n) is 11.9. The molecule has 7 nitrogen and oxygen atoms in total. The number of ether oxygens (including phenoxy) is 2. The molecule has 0 aromatic heterocycles. The van der Waals surface area contributed by atoms with Crippen molar-refractivity contribution in [2.45, 2.75) is 64.0 Å². The summed E-state index contributed by atoms with van der Waals surface area (Å²) in [7, 11) is 1.35. The summed E-state index contributed by atoms with van der Waals surface area (Å²) in [5.74, 6) is -0.137. The van der Waals surface area contributed by atoms with E-state index in [9.17, 15) is 14.4 Å². The molecule has 2 atom stereocenters. The van der Waals surface area contributed by atoms with E-state index in [4.69, 9.17) is 4.74 Å². The Morgan fingerprint density at radius 3 is 2.34 bits per heavy atom. The van der Waals surface area contributed by atoms with E-state index >= 15 is 0 Å². The molecule has 0 radical (unpaired) electrons. The van der Waals surface area contributed by atoms with Gasteiger partial charge in [0, 0.05) is 30.1 Å². The van der Waals surface area contributed by atoms with Crippen LogP contribution in [-0.2, 0) is 25.5 Å². The monoisotopic (exact) mass is 478 g/mol. The lowest BCUT2D eigenvalue weighted by atomic mass is 10.1. The summed E-state index contributed by atoms with van der Waals surface area (Å²) < 4.78 is 9.89. The van der Waals surface area contributed by atoms with Crippen molar-refractivity contribution in [1.29, 1.82) is 0 Å². The highest BCUT2D eigenvalue weighted by molar-refractivity contribution is 5.90. The maximum absolute atomic E-state index is 12.3. The fourth-order valence-corrected chi connectivity index (χ4v) is 3.70. The number of nitrogens with one attached hydrogen (secondary N) is 2. The van der Waals surface area contributed by atoms with E-state index in [2.05, 4.69) is 15.4 Å². The number of carbonyl (C=O) groups excluding carboxylic acids is 3. The van der Waals surface area contributed by atoms with Gasteiger partial charge in [-0.15, -0.1) is 0 Å². The highest BCUT2D eigenvalue weighted by Gasteiger charge is 2.40. The molecular formula is C28H34N2O5. The molecule has 7 heteroatoms. The van der Waals surface area contributed by atoms with Gasteiger partial charge in [-0.1, -0.05) is 36.4 Å².